The van der Waals surface area contributed by atoms with E-state index in [0.717, 1.165) is 11.0 Å². The molecule has 0 nitrogen and oxygen atoms in total. The smallest absolute Gasteiger partial charge is 0.0107 e. The van der Waals surface area contributed by atoms with Gasteiger partial charge in [0.25, 0.3) is 0 Å². The van der Waals surface area contributed by atoms with Crippen molar-refractivity contribution in [2.24, 2.45) is 0 Å². The number of thioether (sulfide) groups is 1. The van der Waals surface area contributed by atoms with E-state index in [2.05, 4.69) is 26.5 Å². The molecule has 2 heteroatoms. The first kappa shape index (κ1) is 9.70. The zero-order valence-electron chi connectivity index (χ0n) is 6.26. The SMILES string of the molecule is CCCCSC(C)CS. The van der Waals surface area contributed by atoms with Crippen LogP contribution in [0.5, 0.6) is 0 Å². The Morgan fingerprint density at radius 1 is 1.56 bits per heavy atom. The molecule has 0 aromatic carbocycles. The van der Waals surface area contributed by atoms with Gasteiger partial charge in [-0.25, -0.2) is 0 Å². The van der Waals surface area contributed by atoms with Crippen LogP contribution in [0, 0.1) is 0 Å². The van der Waals surface area contributed by atoms with Gasteiger partial charge in [-0.15, -0.1) is 0 Å². The average Bonchev–Trinajstić information content (AvgIpc) is 1.89. The molecule has 0 heterocycles. The van der Waals surface area contributed by atoms with Gasteiger partial charge in [0.15, 0.2) is 0 Å². The fraction of sp³-hybridized carbons (Fsp3) is 1.00. The Balaban J connectivity index is 2.88. The summed E-state index contributed by atoms with van der Waals surface area (Å²) >= 11 is 6.22. The zero-order valence-corrected chi connectivity index (χ0v) is 7.97. The summed E-state index contributed by atoms with van der Waals surface area (Å²) in [5.41, 5.74) is 0. The third kappa shape index (κ3) is 6.59. The first-order valence-corrected chi connectivity index (χ1v) is 5.21. The second-order valence-electron chi connectivity index (χ2n) is 2.22. The molecule has 0 radical (unpaired) electrons. The monoisotopic (exact) mass is 164 g/mol. The van der Waals surface area contributed by atoms with Gasteiger partial charge in [-0.1, -0.05) is 20.3 Å². The second-order valence-corrected chi connectivity index (χ2v) is 4.13. The maximum Gasteiger partial charge on any atom is 0.0107 e. The Labute approximate surface area is 68.2 Å². The Morgan fingerprint density at radius 3 is 2.67 bits per heavy atom. The van der Waals surface area contributed by atoms with Crippen LogP contribution in [-0.4, -0.2) is 16.8 Å². The summed E-state index contributed by atoms with van der Waals surface area (Å²) in [5.74, 6) is 2.31. The van der Waals surface area contributed by atoms with Gasteiger partial charge in [-0.2, -0.15) is 24.4 Å². The summed E-state index contributed by atoms with van der Waals surface area (Å²) in [7, 11) is 0. The predicted octanol–water partition coefficient (Wildman–Crippen LogP) is 2.84. The minimum atomic E-state index is 0.736. The lowest BCUT2D eigenvalue weighted by molar-refractivity contribution is 0.893. The molecule has 0 saturated carbocycles. The van der Waals surface area contributed by atoms with Crippen LogP contribution < -0.4 is 0 Å². The van der Waals surface area contributed by atoms with E-state index in [1.165, 1.54) is 18.6 Å². The van der Waals surface area contributed by atoms with Crippen LogP contribution in [0.25, 0.3) is 0 Å². The molecule has 0 fully saturated rings. The largest absolute Gasteiger partial charge is 0.178 e. The molecule has 0 rings (SSSR count). The number of thiol groups is 1. The Hall–Kier alpha value is 0.700. The minimum absolute atomic E-state index is 0.736. The van der Waals surface area contributed by atoms with E-state index in [1.54, 1.807) is 0 Å². The fourth-order valence-corrected chi connectivity index (χ4v) is 1.76. The molecular weight excluding hydrogens is 148 g/mol. The Morgan fingerprint density at radius 2 is 2.22 bits per heavy atom. The molecular formula is C7H16S2. The van der Waals surface area contributed by atoms with Gasteiger partial charge >= 0.3 is 0 Å². The standard InChI is InChI=1S/C7H16S2/c1-3-4-5-9-7(2)6-8/h7-8H,3-6H2,1-2H3. The van der Waals surface area contributed by atoms with E-state index < -0.39 is 0 Å². The number of hydrogen-bond donors (Lipinski definition) is 1. The molecule has 0 aromatic heterocycles. The molecule has 1 atom stereocenters. The summed E-state index contributed by atoms with van der Waals surface area (Å²) < 4.78 is 0. The van der Waals surface area contributed by atoms with Crippen LogP contribution in [-0.2, 0) is 0 Å². The van der Waals surface area contributed by atoms with E-state index in [-0.39, 0.29) is 0 Å². The molecule has 0 amide bonds. The van der Waals surface area contributed by atoms with Crippen LogP contribution in [0.3, 0.4) is 0 Å². The van der Waals surface area contributed by atoms with Crippen LogP contribution in [0.1, 0.15) is 26.7 Å². The molecule has 0 aliphatic heterocycles. The Kier molecular flexibility index (Phi) is 7.34. The highest BCUT2D eigenvalue weighted by molar-refractivity contribution is 8.00. The first-order chi connectivity index (χ1) is 4.31. The Bertz CT molecular complexity index is 54.9. The van der Waals surface area contributed by atoms with Gasteiger partial charge in [0.05, 0.1) is 0 Å². The second kappa shape index (κ2) is 6.81. The lowest BCUT2D eigenvalue weighted by Crippen LogP contribution is -1.97. The van der Waals surface area contributed by atoms with Crippen molar-refractivity contribution in [3.8, 4) is 0 Å². The van der Waals surface area contributed by atoms with Crippen LogP contribution in [0.15, 0.2) is 0 Å². The molecule has 0 saturated heterocycles. The van der Waals surface area contributed by atoms with E-state index in [0.29, 0.717) is 0 Å². The molecule has 56 valence electrons. The topological polar surface area (TPSA) is 0 Å². The number of unbranched alkanes of at least 4 members (excludes halogenated alkanes) is 1. The zero-order chi connectivity index (χ0) is 7.11. The highest BCUT2D eigenvalue weighted by Crippen LogP contribution is 2.12. The van der Waals surface area contributed by atoms with Crippen molar-refractivity contribution in [2.45, 2.75) is 31.9 Å². The predicted molar refractivity (Wildman–Crippen MR) is 50.7 cm³/mol. The maximum absolute atomic E-state index is 4.20. The van der Waals surface area contributed by atoms with Crippen molar-refractivity contribution in [3.63, 3.8) is 0 Å². The van der Waals surface area contributed by atoms with Gasteiger partial charge in [0.2, 0.25) is 0 Å². The molecule has 0 bridgehead atoms. The molecule has 9 heavy (non-hydrogen) atoms. The first-order valence-electron chi connectivity index (χ1n) is 3.53. The maximum atomic E-state index is 4.20. The van der Waals surface area contributed by atoms with Gasteiger partial charge in [0, 0.05) is 11.0 Å². The average molecular weight is 164 g/mol. The van der Waals surface area contributed by atoms with Crippen molar-refractivity contribution in [3.05, 3.63) is 0 Å². The van der Waals surface area contributed by atoms with Crippen molar-refractivity contribution < 1.29 is 0 Å². The van der Waals surface area contributed by atoms with Gasteiger partial charge in [-0.05, 0) is 12.2 Å². The molecule has 0 aliphatic carbocycles. The minimum Gasteiger partial charge on any atom is -0.178 e. The highest BCUT2D eigenvalue weighted by atomic mass is 32.2. The van der Waals surface area contributed by atoms with Crippen molar-refractivity contribution in [2.75, 3.05) is 11.5 Å². The van der Waals surface area contributed by atoms with E-state index in [9.17, 15) is 0 Å². The summed E-state index contributed by atoms with van der Waals surface area (Å²) in [4.78, 5) is 0. The highest BCUT2D eigenvalue weighted by Gasteiger charge is 1.96. The van der Waals surface area contributed by atoms with Crippen LogP contribution in [0.2, 0.25) is 0 Å². The third-order valence-corrected chi connectivity index (χ3v) is 3.21. The van der Waals surface area contributed by atoms with Crippen molar-refractivity contribution in [1.82, 2.24) is 0 Å². The molecule has 0 aliphatic rings. The van der Waals surface area contributed by atoms with Crippen molar-refractivity contribution >= 4 is 24.4 Å². The van der Waals surface area contributed by atoms with E-state index in [1.807, 2.05) is 11.8 Å². The van der Waals surface area contributed by atoms with Gasteiger partial charge in [-0.3, -0.25) is 0 Å². The number of hydrogen-bond acceptors (Lipinski definition) is 2. The lowest BCUT2D eigenvalue weighted by Gasteiger charge is -2.05. The molecule has 1 unspecified atom stereocenters. The summed E-state index contributed by atoms with van der Waals surface area (Å²) in [6, 6.07) is 0. The number of rotatable bonds is 5. The third-order valence-electron chi connectivity index (χ3n) is 1.16. The van der Waals surface area contributed by atoms with E-state index >= 15 is 0 Å². The van der Waals surface area contributed by atoms with Crippen LogP contribution >= 0.6 is 24.4 Å². The molecule has 0 aromatic rings. The molecule has 0 spiro atoms. The summed E-state index contributed by atoms with van der Waals surface area (Å²) in [5, 5.41) is 0.736. The van der Waals surface area contributed by atoms with E-state index in [4.69, 9.17) is 0 Å². The summed E-state index contributed by atoms with van der Waals surface area (Å²) in [6.07, 6.45) is 2.66. The summed E-state index contributed by atoms with van der Waals surface area (Å²) in [6.45, 7) is 4.46. The normalized spacial score (nSPS) is 13.7. The van der Waals surface area contributed by atoms with Crippen LogP contribution in [0.4, 0.5) is 0 Å². The van der Waals surface area contributed by atoms with Crippen molar-refractivity contribution in [1.29, 1.82) is 0 Å². The van der Waals surface area contributed by atoms with Gasteiger partial charge in [0.1, 0.15) is 0 Å². The van der Waals surface area contributed by atoms with Gasteiger partial charge < -0.3 is 0 Å². The quantitative estimate of drug-likeness (QED) is 0.481. The fourth-order valence-electron chi connectivity index (χ4n) is 0.482. The molecule has 0 N–H and O–H groups in total. The lowest BCUT2D eigenvalue weighted by atomic mass is 10.4.